The highest BCUT2D eigenvalue weighted by atomic mass is 35.5. The van der Waals surface area contributed by atoms with Crippen molar-refractivity contribution in [3.8, 4) is 11.8 Å². The molecule has 1 N–H and O–H groups in total. The number of nitrogens with zero attached hydrogens (tertiary/aromatic N) is 5. The van der Waals surface area contributed by atoms with Crippen LogP contribution in [0.1, 0.15) is 12.8 Å². The molecule has 0 unspecified atom stereocenters. The molecule has 0 radical (unpaired) electrons. The second-order valence-corrected chi connectivity index (χ2v) is 6.29. The van der Waals surface area contributed by atoms with Gasteiger partial charge < -0.3 is 10.1 Å². The highest BCUT2D eigenvalue weighted by Gasteiger charge is 2.44. The van der Waals surface area contributed by atoms with E-state index in [1.165, 1.54) is 0 Å². The third-order valence-corrected chi connectivity index (χ3v) is 4.26. The fourth-order valence-electron chi connectivity index (χ4n) is 2.38. The molecule has 0 aromatic carbocycles. The molecule has 1 aliphatic rings. The van der Waals surface area contributed by atoms with Gasteiger partial charge in [-0.25, -0.2) is 19.9 Å². The van der Waals surface area contributed by atoms with Crippen molar-refractivity contribution in [2.45, 2.75) is 12.8 Å². The minimum atomic E-state index is -0.311. The summed E-state index contributed by atoms with van der Waals surface area (Å²) in [4.78, 5) is 16.6. The van der Waals surface area contributed by atoms with Crippen molar-refractivity contribution in [1.82, 2.24) is 19.9 Å². The van der Waals surface area contributed by atoms with Crippen LogP contribution in [0.15, 0.2) is 36.9 Å². The lowest BCUT2D eigenvalue weighted by Crippen LogP contribution is -2.10. The van der Waals surface area contributed by atoms with Crippen molar-refractivity contribution >= 4 is 34.0 Å². The lowest BCUT2D eigenvalue weighted by atomic mass is 10.1. The van der Waals surface area contributed by atoms with Gasteiger partial charge in [-0.3, -0.25) is 0 Å². The zero-order valence-electron chi connectivity index (χ0n) is 13.1. The Morgan fingerprint density at radius 3 is 2.72 bits per heavy atom. The van der Waals surface area contributed by atoms with Gasteiger partial charge in [-0.2, -0.15) is 5.26 Å². The van der Waals surface area contributed by atoms with E-state index in [1.54, 1.807) is 24.8 Å². The first-order valence-electron chi connectivity index (χ1n) is 7.71. The van der Waals surface area contributed by atoms with Crippen LogP contribution in [0.2, 0.25) is 5.28 Å². The predicted octanol–water partition coefficient (Wildman–Crippen LogP) is 3.50. The molecule has 0 aliphatic heterocycles. The highest BCUT2D eigenvalue weighted by molar-refractivity contribution is 6.28. The first-order chi connectivity index (χ1) is 12.2. The van der Waals surface area contributed by atoms with E-state index >= 15 is 0 Å². The maximum Gasteiger partial charge on any atom is 0.222 e. The van der Waals surface area contributed by atoms with Crippen molar-refractivity contribution < 1.29 is 4.74 Å². The zero-order chi connectivity index (χ0) is 17.3. The number of hydrogen-bond acceptors (Lipinski definition) is 7. The summed E-state index contributed by atoms with van der Waals surface area (Å²) in [5.74, 6) is 1.23. The fraction of sp³-hybridized carbons (Fsp3) is 0.235. The number of anilines is 2. The SMILES string of the molecule is N#CC1(COc2cnc3c(Nc4cnc(Cl)nc4)nccc3c2)CC1. The van der Waals surface area contributed by atoms with E-state index in [9.17, 15) is 0 Å². The molecule has 0 bridgehead atoms. The van der Waals surface area contributed by atoms with Gasteiger partial charge in [-0.1, -0.05) is 0 Å². The third kappa shape index (κ3) is 3.30. The Kier molecular flexibility index (Phi) is 3.82. The first kappa shape index (κ1) is 15.5. The maximum absolute atomic E-state index is 9.12. The average molecular weight is 353 g/mol. The van der Waals surface area contributed by atoms with Gasteiger partial charge in [-0.15, -0.1) is 0 Å². The number of hydrogen-bond donors (Lipinski definition) is 1. The molecule has 1 aliphatic carbocycles. The fourth-order valence-corrected chi connectivity index (χ4v) is 2.48. The molecule has 3 heterocycles. The van der Waals surface area contributed by atoms with Gasteiger partial charge in [0, 0.05) is 11.6 Å². The topological polar surface area (TPSA) is 96.6 Å². The molecule has 124 valence electrons. The second kappa shape index (κ2) is 6.15. The highest BCUT2D eigenvalue weighted by Crippen LogP contribution is 2.45. The van der Waals surface area contributed by atoms with Crippen molar-refractivity contribution in [1.29, 1.82) is 5.26 Å². The van der Waals surface area contributed by atoms with Gasteiger partial charge in [0.2, 0.25) is 5.28 Å². The van der Waals surface area contributed by atoms with Crippen molar-refractivity contribution in [2.75, 3.05) is 11.9 Å². The number of rotatable bonds is 5. The molecule has 4 rings (SSSR count). The van der Waals surface area contributed by atoms with Crippen molar-refractivity contribution in [3.63, 3.8) is 0 Å². The molecule has 3 aromatic rings. The van der Waals surface area contributed by atoms with E-state index in [4.69, 9.17) is 21.6 Å². The molecule has 1 saturated carbocycles. The molecule has 25 heavy (non-hydrogen) atoms. The Labute approximate surface area is 148 Å². The van der Waals surface area contributed by atoms with Crippen molar-refractivity contribution in [2.24, 2.45) is 5.41 Å². The minimum absolute atomic E-state index is 0.183. The summed E-state index contributed by atoms with van der Waals surface area (Å²) >= 11 is 5.69. The number of nitriles is 1. The molecule has 7 nitrogen and oxygen atoms in total. The van der Waals surface area contributed by atoms with E-state index in [-0.39, 0.29) is 10.7 Å². The van der Waals surface area contributed by atoms with Gasteiger partial charge in [-0.05, 0) is 36.6 Å². The average Bonchev–Trinajstić information content (AvgIpc) is 3.42. The van der Waals surface area contributed by atoms with Gasteiger partial charge in [0.25, 0.3) is 0 Å². The van der Waals surface area contributed by atoms with Crippen LogP contribution in [-0.4, -0.2) is 26.5 Å². The van der Waals surface area contributed by atoms with Crippen LogP contribution in [0.25, 0.3) is 10.9 Å². The normalized spacial score (nSPS) is 14.7. The van der Waals surface area contributed by atoms with Crippen LogP contribution >= 0.6 is 11.6 Å². The number of nitrogens with one attached hydrogen (secondary N) is 1. The number of ether oxygens (including phenoxy) is 1. The molecule has 8 heteroatoms. The van der Waals surface area contributed by atoms with Crippen LogP contribution in [0.4, 0.5) is 11.5 Å². The summed E-state index contributed by atoms with van der Waals surface area (Å²) in [7, 11) is 0. The summed E-state index contributed by atoms with van der Waals surface area (Å²) in [5, 5.41) is 13.3. The van der Waals surface area contributed by atoms with E-state index in [2.05, 4.69) is 31.3 Å². The molecular weight excluding hydrogens is 340 g/mol. The predicted molar refractivity (Wildman–Crippen MR) is 92.6 cm³/mol. The number of fused-ring (bicyclic) bond motifs is 1. The van der Waals surface area contributed by atoms with Crippen LogP contribution < -0.4 is 10.1 Å². The van der Waals surface area contributed by atoms with Crippen LogP contribution in [0, 0.1) is 16.7 Å². The monoisotopic (exact) mass is 352 g/mol. The van der Waals surface area contributed by atoms with E-state index in [1.807, 2.05) is 12.1 Å². The summed E-state index contributed by atoms with van der Waals surface area (Å²) in [5.41, 5.74) is 1.05. The lowest BCUT2D eigenvalue weighted by Gasteiger charge is -2.11. The summed E-state index contributed by atoms with van der Waals surface area (Å²) in [6, 6.07) is 6.06. The van der Waals surface area contributed by atoms with Gasteiger partial charge in [0.05, 0.1) is 35.8 Å². The summed E-state index contributed by atoms with van der Waals surface area (Å²) in [6.45, 7) is 0.398. The molecule has 0 amide bonds. The largest absolute Gasteiger partial charge is 0.490 e. The van der Waals surface area contributed by atoms with E-state index in [0.717, 1.165) is 18.2 Å². The molecule has 0 spiro atoms. The molecule has 0 saturated heterocycles. The smallest absolute Gasteiger partial charge is 0.222 e. The Morgan fingerprint density at radius 1 is 1.20 bits per heavy atom. The van der Waals surface area contributed by atoms with E-state index in [0.29, 0.717) is 29.4 Å². The Morgan fingerprint density at radius 2 is 2.00 bits per heavy atom. The van der Waals surface area contributed by atoms with E-state index < -0.39 is 0 Å². The molecule has 1 fully saturated rings. The van der Waals surface area contributed by atoms with Crippen molar-refractivity contribution in [3.05, 3.63) is 42.2 Å². The Balaban J connectivity index is 1.57. The molecule has 3 aromatic heterocycles. The lowest BCUT2D eigenvalue weighted by molar-refractivity contribution is 0.268. The third-order valence-electron chi connectivity index (χ3n) is 4.06. The number of halogens is 1. The molecule has 0 atom stereocenters. The van der Waals surface area contributed by atoms with Gasteiger partial charge in [0.15, 0.2) is 5.82 Å². The maximum atomic E-state index is 9.12. The molecular formula is C17H13ClN6O. The number of pyridine rings is 2. The second-order valence-electron chi connectivity index (χ2n) is 5.95. The zero-order valence-corrected chi connectivity index (χ0v) is 13.9. The van der Waals surface area contributed by atoms with Crippen LogP contribution in [0.5, 0.6) is 5.75 Å². The van der Waals surface area contributed by atoms with Gasteiger partial charge in [0.1, 0.15) is 17.9 Å². The minimum Gasteiger partial charge on any atom is -0.490 e. The van der Waals surface area contributed by atoms with Crippen LogP contribution in [-0.2, 0) is 0 Å². The summed E-state index contributed by atoms with van der Waals surface area (Å²) in [6.07, 6.45) is 8.26. The van der Waals surface area contributed by atoms with Crippen LogP contribution in [0.3, 0.4) is 0 Å². The Bertz CT molecular complexity index is 965. The number of aromatic nitrogens is 4. The first-order valence-corrected chi connectivity index (χ1v) is 8.09. The standard InChI is InChI=1S/C17H13ClN6O/c18-16-22-6-12(7-23-16)24-15-14-11(1-4-20-15)5-13(8-21-14)25-10-17(9-19)2-3-17/h1,4-8H,2-3,10H2,(H,20,24). The Hall–Kier alpha value is -2.98. The van der Waals surface area contributed by atoms with Gasteiger partial charge >= 0.3 is 0 Å². The summed E-state index contributed by atoms with van der Waals surface area (Å²) < 4.78 is 5.74. The quantitative estimate of drug-likeness (QED) is 0.702.